The Morgan fingerprint density at radius 3 is 1.62 bits per heavy atom. The second-order valence-corrected chi connectivity index (χ2v) is 11.0. The molecule has 0 atom stereocenters. The fourth-order valence-corrected chi connectivity index (χ4v) is 5.63. The maximum absolute atomic E-state index is 5.93. The average molecular weight is 639 g/mol. The number of rotatable bonds is 10. The molecule has 10 nitrogen and oxygen atoms in total. The number of hydrogen-bond donors (Lipinski definition) is 2. The molecule has 0 aliphatic heterocycles. The van der Waals surface area contributed by atoms with Crippen LogP contribution in [0.4, 0.5) is 11.6 Å². The molecule has 0 fully saturated rings. The Morgan fingerprint density at radius 2 is 1.06 bits per heavy atom. The average Bonchev–Trinajstić information content (AvgIpc) is 3.72. The summed E-state index contributed by atoms with van der Waals surface area (Å²) in [5.41, 5.74) is 7.17. The SMILES string of the molecule is COc1ccc(CCNc2ncnc3c2oc2ccccc23)cc1OC.c1ccc(CCNc2ncnc3c2oc2ccccc23)cc1. The summed E-state index contributed by atoms with van der Waals surface area (Å²) in [6.07, 6.45) is 4.89. The van der Waals surface area contributed by atoms with Crippen molar-refractivity contribution < 1.29 is 18.3 Å². The van der Waals surface area contributed by atoms with E-state index in [1.807, 2.05) is 72.8 Å². The van der Waals surface area contributed by atoms with Gasteiger partial charge in [0.2, 0.25) is 0 Å². The van der Waals surface area contributed by atoms with E-state index < -0.39 is 0 Å². The second kappa shape index (κ2) is 14.1. The summed E-state index contributed by atoms with van der Waals surface area (Å²) in [4.78, 5) is 17.4. The van der Waals surface area contributed by atoms with E-state index in [1.54, 1.807) is 26.9 Å². The number of anilines is 2. The molecule has 10 heteroatoms. The summed E-state index contributed by atoms with van der Waals surface area (Å²) in [5.74, 6) is 2.90. The number of fused-ring (bicyclic) bond motifs is 6. The van der Waals surface area contributed by atoms with Crippen molar-refractivity contribution in [3.8, 4) is 11.5 Å². The van der Waals surface area contributed by atoms with Gasteiger partial charge >= 0.3 is 0 Å². The second-order valence-electron chi connectivity index (χ2n) is 11.0. The van der Waals surface area contributed by atoms with Gasteiger partial charge in [0.1, 0.15) is 34.9 Å². The third-order valence-corrected chi connectivity index (χ3v) is 8.02. The van der Waals surface area contributed by atoms with Crippen LogP contribution >= 0.6 is 0 Å². The Morgan fingerprint density at radius 1 is 0.542 bits per heavy atom. The molecule has 0 amide bonds. The third-order valence-electron chi connectivity index (χ3n) is 8.02. The van der Waals surface area contributed by atoms with E-state index in [9.17, 15) is 0 Å². The summed E-state index contributed by atoms with van der Waals surface area (Å²) in [5, 5.41) is 8.71. The van der Waals surface area contributed by atoms with Crippen LogP contribution in [0.1, 0.15) is 11.1 Å². The van der Waals surface area contributed by atoms with Crippen LogP contribution < -0.4 is 20.1 Å². The van der Waals surface area contributed by atoms with Crippen molar-refractivity contribution in [1.82, 2.24) is 19.9 Å². The predicted octanol–water partition coefficient (Wildman–Crippen LogP) is 8.08. The standard InChI is InChI=1S/C20H19N3O3.C18H15N3O/c1-24-16-8-7-13(11-17(16)25-2)9-10-21-20-19-18(22-12-23-20)14-5-3-4-6-15(14)26-19;1-2-6-13(7-3-1)10-11-19-18-17-16(20-12-21-18)14-8-4-5-9-15(14)22-17/h3-8,11-12H,9-10H2,1-2H3,(H,21,22,23);1-9,12H,10-11H2,(H,19,20,21). The zero-order chi connectivity index (χ0) is 32.7. The van der Waals surface area contributed by atoms with Gasteiger partial charge in [0.05, 0.1) is 14.2 Å². The molecule has 240 valence electrons. The molecular weight excluding hydrogens is 604 g/mol. The Hall–Kier alpha value is -6.16. The fourth-order valence-electron chi connectivity index (χ4n) is 5.63. The Balaban J connectivity index is 0.000000154. The van der Waals surface area contributed by atoms with E-state index in [2.05, 4.69) is 54.8 Å². The normalized spacial score (nSPS) is 11.0. The molecule has 4 aromatic heterocycles. The van der Waals surface area contributed by atoms with Gasteiger partial charge in [-0.3, -0.25) is 0 Å². The molecule has 2 N–H and O–H groups in total. The smallest absolute Gasteiger partial charge is 0.196 e. The van der Waals surface area contributed by atoms with Crippen molar-refractivity contribution in [1.29, 1.82) is 0 Å². The molecule has 8 aromatic rings. The summed E-state index contributed by atoms with van der Waals surface area (Å²) in [6.45, 7) is 1.51. The van der Waals surface area contributed by atoms with Crippen LogP contribution in [-0.4, -0.2) is 47.2 Å². The fraction of sp³-hybridized carbons (Fsp3) is 0.158. The molecule has 8 rings (SSSR count). The van der Waals surface area contributed by atoms with Crippen LogP contribution in [0.2, 0.25) is 0 Å². The van der Waals surface area contributed by atoms with Crippen molar-refractivity contribution in [3.63, 3.8) is 0 Å². The first-order chi connectivity index (χ1) is 23.7. The van der Waals surface area contributed by atoms with Crippen LogP contribution in [0, 0.1) is 0 Å². The number of para-hydroxylation sites is 2. The van der Waals surface area contributed by atoms with Crippen molar-refractivity contribution in [2.75, 3.05) is 37.9 Å². The minimum Gasteiger partial charge on any atom is -0.493 e. The lowest BCUT2D eigenvalue weighted by Crippen LogP contribution is -2.07. The topological polar surface area (TPSA) is 120 Å². The Bertz CT molecular complexity index is 2300. The number of benzene rings is 4. The van der Waals surface area contributed by atoms with E-state index in [0.29, 0.717) is 17.9 Å². The summed E-state index contributed by atoms with van der Waals surface area (Å²) in [6, 6.07) is 32.1. The van der Waals surface area contributed by atoms with Crippen LogP contribution in [0.15, 0.2) is 119 Å². The van der Waals surface area contributed by atoms with Crippen molar-refractivity contribution in [3.05, 3.63) is 121 Å². The molecule has 0 radical (unpaired) electrons. The van der Waals surface area contributed by atoms with E-state index in [-0.39, 0.29) is 0 Å². The molecule has 0 saturated heterocycles. The van der Waals surface area contributed by atoms with Gasteiger partial charge < -0.3 is 28.9 Å². The highest BCUT2D eigenvalue weighted by Gasteiger charge is 2.14. The molecule has 48 heavy (non-hydrogen) atoms. The lowest BCUT2D eigenvalue weighted by atomic mass is 10.1. The van der Waals surface area contributed by atoms with Gasteiger partial charge in [0.15, 0.2) is 34.3 Å². The molecule has 0 saturated carbocycles. The number of ether oxygens (including phenoxy) is 2. The van der Waals surface area contributed by atoms with E-state index in [1.165, 1.54) is 5.56 Å². The van der Waals surface area contributed by atoms with Crippen molar-refractivity contribution in [2.45, 2.75) is 12.8 Å². The summed E-state index contributed by atoms with van der Waals surface area (Å²) in [7, 11) is 3.27. The zero-order valence-corrected chi connectivity index (χ0v) is 26.6. The molecular formula is C38H34N6O4. The first-order valence-corrected chi connectivity index (χ1v) is 15.7. The largest absolute Gasteiger partial charge is 0.493 e. The van der Waals surface area contributed by atoms with Crippen LogP contribution in [0.5, 0.6) is 11.5 Å². The van der Waals surface area contributed by atoms with Crippen molar-refractivity contribution >= 4 is 55.8 Å². The van der Waals surface area contributed by atoms with E-state index in [4.69, 9.17) is 18.3 Å². The van der Waals surface area contributed by atoms with Crippen molar-refractivity contribution in [2.24, 2.45) is 0 Å². The maximum Gasteiger partial charge on any atom is 0.196 e. The number of furan rings is 2. The molecule has 4 aromatic carbocycles. The molecule has 0 aliphatic carbocycles. The first-order valence-electron chi connectivity index (χ1n) is 15.7. The first kappa shape index (κ1) is 30.5. The Labute approximate surface area is 276 Å². The molecule has 4 heterocycles. The Kier molecular flexibility index (Phi) is 8.95. The number of nitrogens with zero attached hydrogens (tertiary/aromatic N) is 4. The van der Waals surface area contributed by atoms with Gasteiger partial charge in [0.25, 0.3) is 0 Å². The summed E-state index contributed by atoms with van der Waals surface area (Å²) < 4.78 is 22.5. The van der Waals surface area contributed by atoms with E-state index in [0.717, 1.165) is 80.8 Å². The van der Waals surface area contributed by atoms with Gasteiger partial charge in [-0.15, -0.1) is 0 Å². The van der Waals surface area contributed by atoms with E-state index >= 15 is 0 Å². The highest BCUT2D eigenvalue weighted by atomic mass is 16.5. The minimum atomic E-state index is 0.681. The number of hydrogen-bond acceptors (Lipinski definition) is 10. The van der Waals surface area contributed by atoms with Crippen LogP contribution in [0.25, 0.3) is 44.1 Å². The molecule has 0 bridgehead atoms. The van der Waals surface area contributed by atoms with Gasteiger partial charge in [-0.25, -0.2) is 19.9 Å². The number of nitrogens with one attached hydrogen (secondary N) is 2. The number of methoxy groups -OCH3 is 2. The van der Waals surface area contributed by atoms with Crippen LogP contribution in [-0.2, 0) is 12.8 Å². The lowest BCUT2D eigenvalue weighted by molar-refractivity contribution is 0.354. The lowest BCUT2D eigenvalue weighted by Gasteiger charge is -2.10. The zero-order valence-electron chi connectivity index (χ0n) is 26.6. The van der Waals surface area contributed by atoms with Crippen LogP contribution in [0.3, 0.4) is 0 Å². The van der Waals surface area contributed by atoms with Gasteiger partial charge in [-0.2, -0.15) is 0 Å². The maximum atomic E-state index is 5.93. The third kappa shape index (κ3) is 6.41. The minimum absolute atomic E-state index is 0.681. The van der Waals surface area contributed by atoms with Gasteiger partial charge in [-0.1, -0.05) is 60.7 Å². The molecule has 0 aliphatic rings. The van der Waals surface area contributed by atoms with Gasteiger partial charge in [-0.05, 0) is 60.4 Å². The summed E-state index contributed by atoms with van der Waals surface area (Å²) >= 11 is 0. The highest BCUT2D eigenvalue weighted by Crippen LogP contribution is 2.32. The predicted molar refractivity (Wildman–Crippen MR) is 189 cm³/mol. The monoisotopic (exact) mass is 638 g/mol. The number of aromatic nitrogens is 4. The highest BCUT2D eigenvalue weighted by molar-refractivity contribution is 6.06. The molecule has 0 spiro atoms. The van der Waals surface area contributed by atoms with Gasteiger partial charge in [0, 0.05) is 23.9 Å². The molecule has 0 unspecified atom stereocenters. The quantitative estimate of drug-likeness (QED) is 0.152.